The third-order valence-electron chi connectivity index (χ3n) is 4.57. The normalized spacial score (nSPS) is 27.9. The van der Waals surface area contributed by atoms with Crippen LogP contribution in [0.5, 0.6) is 0 Å². The van der Waals surface area contributed by atoms with Crippen molar-refractivity contribution >= 4 is 0 Å². The minimum atomic E-state index is 0.260. The van der Waals surface area contributed by atoms with Crippen molar-refractivity contribution < 1.29 is 4.74 Å². The van der Waals surface area contributed by atoms with Crippen molar-refractivity contribution in [3.8, 4) is 0 Å². The zero-order valence-electron chi connectivity index (χ0n) is 12.5. The van der Waals surface area contributed by atoms with Crippen molar-refractivity contribution in [2.75, 3.05) is 32.8 Å². The highest BCUT2D eigenvalue weighted by Crippen LogP contribution is 2.27. The van der Waals surface area contributed by atoms with Gasteiger partial charge in [-0.1, -0.05) is 31.2 Å². The first-order valence-electron chi connectivity index (χ1n) is 8.02. The maximum absolute atomic E-state index is 6.05. The van der Waals surface area contributed by atoms with Crippen LogP contribution >= 0.6 is 0 Å². The molecule has 0 saturated carbocycles. The molecule has 1 aromatic rings. The highest BCUT2D eigenvalue weighted by atomic mass is 16.5. The number of nitrogens with zero attached hydrogens (tertiary/aromatic N) is 1. The third-order valence-corrected chi connectivity index (χ3v) is 4.57. The SMILES string of the molecule is CCC1CN(CC2OCCc3ccccc32)CCCN1. The van der Waals surface area contributed by atoms with Gasteiger partial charge in [-0.15, -0.1) is 0 Å². The fourth-order valence-corrected chi connectivity index (χ4v) is 3.38. The zero-order valence-corrected chi connectivity index (χ0v) is 12.5. The summed E-state index contributed by atoms with van der Waals surface area (Å²) < 4.78 is 6.05. The van der Waals surface area contributed by atoms with Crippen molar-refractivity contribution in [1.82, 2.24) is 10.2 Å². The molecule has 20 heavy (non-hydrogen) atoms. The molecule has 1 saturated heterocycles. The van der Waals surface area contributed by atoms with E-state index in [1.807, 2.05) is 0 Å². The van der Waals surface area contributed by atoms with Crippen molar-refractivity contribution in [1.29, 1.82) is 0 Å². The van der Waals surface area contributed by atoms with E-state index in [2.05, 4.69) is 41.4 Å². The Morgan fingerprint density at radius 3 is 3.15 bits per heavy atom. The number of hydrogen-bond acceptors (Lipinski definition) is 3. The molecule has 0 aromatic heterocycles. The van der Waals surface area contributed by atoms with Gasteiger partial charge in [0.05, 0.1) is 12.7 Å². The lowest BCUT2D eigenvalue weighted by Crippen LogP contribution is -2.39. The lowest BCUT2D eigenvalue weighted by atomic mass is 9.97. The van der Waals surface area contributed by atoms with Gasteiger partial charge in [0.15, 0.2) is 0 Å². The van der Waals surface area contributed by atoms with Crippen LogP contribution in [-0.2, 0) is 11.2 Å². The van der Waals surface area contributed by atoms with Gasteiger partial charge in [0.1, 0.15) is 0 Å². The average Bonchev–Trinajstić information content (AvgIpc) is 2.73. The Hall–Kier alpha value is -0.900. The molecule has 0 amide bonds. The molecule has 2 aliphatic heterocycles. The maximum Gasteiger partial charge on any atom is 0.0954 e. The van der Waals surface area contributed by atoms with Gasteiger partial charge >= 0.3 is 0 Å². The van der Waals surface area contributed by atoms with Crippen LogP contribution in [0.15, 0.2) is 24.3 Å². The van der Waals surface area contributed by atoms with E-state index < -0.39 is 0 Å². The van der Waals surface area contributed by atoms with E-state index in [1.165, 1.54) is 30.5 Å². The fourth-order valence-electron chi connectivity index (χ4n) is 3.38. The Labute approximate surface area is 122 Å². The Balaban J connectivity index is 1.68. The molecular formula is C17H26N2O. The van der Waals surface area contributed by atoms with Crippen LogP contribution in [0.4, 0.5) is 0 Å². The second kappa shape index (κ2) is 6.70. The molecular weight excluding hydrogens is 248 g/mol. The zero-order chi connectivity index (χ0) is 13.8. The molecule has 1 N–H and O–H groups in total. The van der Waals surface area contributed by atoms with Crippen LogP contribution in [0.3, 0.4) is 0 Å². The van der Waals surface area contributed by atoms with Crippen molar-refractivity contribution in [2.24, 2.45) is 0 Å². The quantitative estimate of drug-likeness (QED) is 0.916. The van der Waals surface area contributed by atoms with E-state index in [-0.39, 0.29) is 6.10 Å². The van der Waals surface area contributed by atoms with E-state index >= 15 is 0 Å². The van der Waals surface area contributed by atoms with Crippen molar-refractivity contribution in [3.63, 3.8) is 0 Å². The molecule has 110 valence electrons. The molecule has 2 atom stereocenters. The van der Waals surface area contributed by atoms with Crippen LogP contribution in [0.25, 0.3) is 0 Å². The molecule has 0 bridgehead atoms. The molecule has 0 aliphatic carbocycles. The van der Waals surface area contributed by atoms with Crippen molar-refractivity contribution in [2.45, 2.75) is 38.3 Å². The van der Waals surface area contributed by atoms with E-state index in [0.29, 0.717) is 6.04 Å². The first-order chi connectivity index (χ1) is 9.86. The second-order valence-corrected chi connectivity index (χ2v) is 5.98. The van der Waals surface area contributed by atoms with E-state index in [9.17, 15) is 0 Å². The van der Waals surface area contributed by atoms with Crippen LogP contribution < -0.4 is 5.32 Å². The molecule has 2 heterocycles. The molecule has 0 radical (unpaired) electrons. The highest BCUT2D eigenvalue weighted by Gasteiger charge is 2.24. The minimum absolute atomic E-state index is 0.260. The molecule has 1 aromatic carbocycles. The average molecular weight is 274 g/mol. The van der Waals surface area contributed by atoms with Crippen molar-refractivity contribution in [3.05, 3.63) is 35.4 Å². The molecule has 0 spiro atoms. The third kappa shape index (κ3) is 3.22. The number of nitrogens with one attached hydrogen (secondary N) is 1. The van der Waals surface area contributed by atoms with Gasteiger partial charge < -0.3 is 10.1 Å². The molecule has 1 fully saturated rings. The van der Waals surface area contributed by atoms with Gasteiger partial charge in [-0.2, -0.15) is 0 Å². The van der Waals surface area contributed by atoms with Gasteiger partial charge in [0.2, 0.25) is 0 Å². The number of benzene rings is 1. The maximum atomic E-state index is 6.05. The summed E-state index contributed by atoms with van der Waals surface area (Å²) in [5.41, 5.74) is 2.88. The molecule has 2 unspecified atom stereocenters. The number of hydrogen-bond donors (Lipinski definition) is 1. The Bertz CT molecular complexity index is 435. The Morgan fingerprint density at radius 2 is 2.25 bits per heavy atom. The predicted molar refractivity (Wildman–Crippen MR) is 82.0 cm³/mol. The van der Waals surface area contributed by atoms with Crippen LogP contribution in [0, 0.1) is 0 Å². The summed E-state index contributed by atoms with van der Waals surface area (Å²) in [5, 5.41) is 3.64. The predicted octanol–water partition coefficient (Wildman–Crippen LogP) is 2.37. The van der Waals surface area contributed by atoms with Gasteiger partial charge in [0, 0.05) is 19.1 Å². The first-order valence-corrected chi connectivity index (χ1v) is 8.02. The van der Waals surface area contributed by atoms with Gasteiger partial charge in [-0.3, -0.25) is 4.90 Å². The largest absolute Gasteiger partial charge is 0.372 e. The van der Waals surface area contributed by atoms with Gasteiger partial charge in [-0.25, -0.2) is 0 Å². The van der Waals surface area contributed by atoms with Gasteiger partial charge in [-0.05, 0) is 43.5 Å². The van der Waals surface area contributed by atoms with Crippen LogP contribution in [0.2, 0.25) is 0 Å². The summed E-state index contributed by atoms with van der Waals surface area (Å²) >= 11 is 0. The summed E-state index contributed by atoms with van der Waals surface area (Å²) in [6.07, 6.45) is 3.77. The first kappa shape index (κ1) is 14.1. The van der Waals surface area contributed by atoms with E-state index in [1.54, 1.807) is 0 Å². The Kier molecular flexibility index (Phi) is 4.71. The summed E-state index contributed by atoms with van der Waals surface area (Å²) in [5.74, 6) is 0. The molecule has 3 rings (SSSR count). The lowest BCUT2D eigenvalue weighted by Gasteiger charge is -2.32. The Morgan fingerprint density at radius 1 is 1.35 bits per heavy atom. The minimum Gasteiger partial charge on any atom is -0.372 e. The highest BCUT2D eigenvalue weighted by molar-refractivity contribution is 5.31. The standard InChI is InChI=1S/C17H26N2O/c1-2-15-12-19(10-5-9-18-15)13-17-16-7-4-3-6-14(16)8-11-20-17/h3-4,6-7,15,17-18H,2,5,8-13H2,1H3. The molecule has 3 heteroatoms. The smallest absolute Gasteiger partial charge is 0.0954 e. The molecule has 2 aliphatic rings. The summed E-state index contributed by atoms with van der Waals surface area (Å²) in [6, 6.07) is 9.41. The summed E-state index contributed by atoms with van der Waals surface area (Å²) in [6.45, 7) is 7.66. The van der Waals surface area contributed by atoms with E-state index in [4.69, 9.17) is 4.74 Å². The number of rotatable bonds is 3. The number of fused-ring (bicyclic) bond motifs is 1. The summed E-state index contributed by atoms with van der Waals surface area (Å²) in [7, 11) is 0. The van der Waals surface area contributed by atoms with Crippen LogP contribution in [-0.4, -0.2) is 43.7 Å². The lowest BCUT2D eigenvalue weighted by molar-refractivity contribution is 0.0156. The fraction of sp³-hybridized carbons (Fsp3) is 0.647. The van der Waals surface area contributed by atoms with Crippen LogP contribution in [0.1, 0.15) is 37.0 Å². The second-order valence-electron chi connectivity index (χ2n) is 5.98. The molecule has 3 nitrogen and oxygen atoms in total. The summed E-state index contributed by atoms with van der Waals surface area (Å²) in [4.78, 5) is 2.58. The topological polar surface area (TPSA) is 24.5 Å². The van der Waals surface area contributed by atoms with Gasteiger partial charge in [0.25, 0.3) is 0 Å². The monoisotopic (exact) mass is 274 g/mol. The van der Waals surface area contributed by atoms with E-state index in [0.717, 1.165) is 32.7 Å². The number of ether oxygens (including phenoxy) is 1.